The second-order valence-corrected chi connectivity index (χ2v) is 5.15. The molecule has 0 aliphatic carbocycles. The zero-order valence-corrected chi connectivity index (χ0v) is 12.9. The standard InChI is InChI=1S/C15H11ClN4OS/c16-12(9-11-5-2-1-3-6-11)10-17-20-14(18-19-15(20)22)13-7-4-8-21-13/h1-10H,(H,19,22)/b12-9-,17-10?. The second kappa shape index (κ2) is 6.55. The van der Waals surface area contributed by atoms with E-state index in [-0.39, 0.29) is 0 Å². The summed E-state index contributed by atoms with van der Waals surface area (Å²) in [6, 6.07) is 13.3. The SMILES string of the molecule is S=c1[nH]nc(-c2ccco2)n1N=C/C(Cl)=C/c1ccccc1. The first kappa shape index (κ1) is 14.5. The van der Waals surface area contributed by atoms with Crippen molar-refractivity contribution in [3.8, 4) is 11.6 Å². The lowest BCUT2D eigenvalue weighted by Gasteiger charge is -1.97. The molecule has 0 bridgehead atoms. The zero-order valence-electron chi connectivity index (χ0n) is 11.3. The number of H-pyrrole nitrogens is 1. The van der Waals surface area contributed by atoms with E-state index < -0.39 is 0 Å². The summed E-state index contributed by atoms with van der Waals surface area (Å²) >= 11 is 11.3. The molecule has 3 rings (SSSR count). The Morgan fingerprint density at radius 1 is 1.27 bits per heavy atom. The number of nitrogens with zero attached hydrogens (tertiary/aromatic N) is 3. The van der Waals surface area contributed by atoms with Crippen molar-refractivity contribution < 1.29 is 4.42 Å². The third-order valence-corrected chi connectivity index (χ3v) is 3.26. The van der Waals surface area contributed by atoms with Gasteiger partial charge in [-0.25, -0.2) is 5.10 Å². The predicted molar refractivity (Wildman–Crippen MR) is 89.3 cm³/mol. The van der Waals surface area contributed by atoms with E-state index in [1.807, 2.05) is 30.3 Å². The summed E-state index contributed by atoms with van der Waals surface area (Å²) in [6.07, 6.45) is 4.87. The van der Waals surface area contributed by atoms with Gasteiger partial charge in [-0.15, -0.1) is 5.10 Å². The van der Waals surface area contributed by atoms with Crippen LogP contribution in [0.1, 0.15) is 5.56 Å². The fourth-order valence-corrected chi connectivity index (χ4v) is 2.17. The van der Waals surface area contributed by atoms with E-state index in [0.29, 0.717) is 21.4 Å². The number of hydrogen-bond acceptors (Lipinski definition) is 4. The van der Waals surface area contributed by atoms with E-state index in [9.17, 15) is 0 Å². The Balaban J connectivity index is 1.89. The van der Waals surface area contributed by atoms with Gasteiger partial charge in [0, 0.05) is 0 Å². The molecular formula is C15H11ClN4OS. The van der Waals surface area contributed by atoms with E-state index in [1.165, 1.54) is 10.9 Å². The van der Waals surface area contributed by atoms with Crippen LogP contribution in [0, 0.1) is 4.77 Å². The molecule has 0 radical (unpaired) electrons. The number of benzene rings is 1. The first-order chi connectivity index (χ1) is 10.7. The van der Waals surface area contributed by atoms with E-state index in [4.69, 9.17) is 28.2 Å². The van der Waals surface area contributed by atoms with Crippen LogP contribution in [-0.4, -0.2) is 21.1 Å². The summed E-state index contributed by atoms with van der Waals surface area (Å²) < 4.78 is 7.11. The molecule has 1 N–H and O–H groups in total. The number of rotatable bonds is 4. The number of hydrogen-bond donors (Lipinski definition) is 1. The van der Waals surface area contributed by atoms with Crippen molar-refractivity contribution in [1.82, 2.24) is 14.9 Å². The number of nitrogens with one attached hydrogen (secondary N) is 1. The van der Waals surface area contributed by atoms with Crippen LogP contribution in [0.4, 0.5) is 0 Å². The highest BCUT2D eigenvalue weighted by Gasteiger charge is 2.10. The van der Waals surface area contributed by atoms with Gasteiger partial charge in [0.05, 0.1) is 17.5 Å². The average Bonchev–Trinajstić information content (AvgIpc) is 3.16. The average molecular weight is 331 g/mol. The maximum absolute atomic E-state index is 6.17. The minimum absolute atomic E-state index is 0.354. The molecule has 0 saturated carbocycles. The molecule has 0 unspecified atom stereocenters. The van der Waals surface area contributed by atoms with Crippen LogP contribution in [0.2, 0.25) is 0 Å². The van der Waals surface area contributed by atoms with Gasteiger partial charge in [0.2, 0.25) is 10.6 Å². The summed E-state index contributed by atoms with van der Waals surface area (Å²) in [7, 11) is 0. The Bertz CT molecular complexity index is 863. The molecule has 2 aromatic heterocycles. The van der Waals surface area contributed by atoms with Crippen molar-refractivity contribution in [3.05, 3.63) is 64.1 Å². The van der Waals surface area contributed by atoms with Crippen molar-refractivity contribution >= 4 is 36.1 Å². The van der Waals surface area contributed by atoms with Crippen LogP contribution in [-0.2, 0) is 0 Å². The third kappa shape index (κ3) is 3.24. The van der Waals surface area contributed by atoms with Crippen molar-refractivity contribution in [2.45, 2.75) is 0 Å². The topological polar surface area (TPSA) is 59.1 Å². The van der Waals surface area contributed by atoms with Gasteiger partial charge in [-0.1, -0.05) is 41.9 Å². The highest BCUT2D eigenvalue weighted by atomic mass is 35.5. The minimum atomic E-state index is 0.354. The first-order valence-corrected chi connectivity index (χ1v) is 7.20. The highest BCUT2D eigenvalue weighted by molar-refractivity contribution is 7.71. The molecule has 0 amide bonds. The highest BCUT2D eigenvalue weighted by Crippen LogP contribution is 2.17. The Morgan fingerprint density at radius 2 is 2.09 bits per heavy atom. The summed E-state index contributed by atoms with van der Waals surface area (Å²) in [5, 5.41) is 11.5. The molecule has 22 heavy (non-hydrogen) atoms. The number of furan rings is 1. The molecule has 0 atom stereocenters. The fourth-order valence-electron chi connectivity index (χ4n) is 1.82. The molecule has 5 nitrogen and oxygen atoms in total. The minimum Gasteiger partial charge on any atom is -0.461 e. The Morgan fingerprint density at radius 3 is 2.82 bits per heavy atom. The van der Waals surface area contributed by atoms with Crippen LogP contribution < -0.4 is 0 Å². The van der Waals surface area contributed by atoms with Gasteiger partial charge in [-0.2, -0.15) is 9.78 Å². The molecule has 0 fully saturated rings. The lowest BCUT2D eigenvalue weighted by atomic mass is 10.2. The molecular weight excluding hydrogens is 320 g/mol. The van der Waals surface area contributed by atoms with Gasteiger partial charge in [0.25, 0.3) is 0 Å². The van der Waals surface area contributed by atoms with Crippen LogP contribution in [0.15, 0.2) is 63.3 Å². The Hall–Kier alpha value is -2.44. The lowest BCUT2D eigenvalue weighted by Crippen LogP contribution is -1.93. The summed E-state index contributed by atoms with van der Waals surface area (Å²) in [5.74, 6) is 1.04. The quantitative estimate of drug-likeness (QED) is 0.572. The molecule has 7 heteroatoms. The Kier molecular flexibility index (Phi) is 4.32. The Labute approximate surface area is 136 Å². The fraction of sp³-hybridized carbons (Fsp3) is 0. The molecule has 1 aromatic carbocycles. The van der Waals surface area contributed by atoms with Crippen molar-refractivity contribution in [3.63, 3.8) is 0 Å². The van der Waals surface area contributed by atoms with E-state index >= 15 is 0 Å². The molecule has 0 aliphatic heterocycles. The monoisotopic (exact) mass is 330 g/mol. The smallest absolute Gasteiger partial charge is 0.219 e. The first-order valence-electron chi connectivity index (χ1n) is 6.42. The predicted octanol–water partition coefficient (Wildman–Crippen LogP) is 4.31. The van der Waals surface area contributed by atoms with E-state index in [2.05, 4.69) is 15.3 Å². The zero-order chi connectivity index (χ0) is 15.4. The summed E-state index contributed by atoms with van der Waals surface area (Å²) in [4.78, 5) is 0. The van der Waals surface area contributed by atoms with Gasteiger partial charge >= 0.3 is 0 Å². The van der Waals surface area contributed by atoms with Crippen LogP contribution in [0.5, 0.6) is 0 Å². The van der Waals surface area contributed by atoms with Crippen LogP contribution >= 0.6 is 23.8 Å². The van der Waals surface area contributed by atoms with Gasteiger partial charge < -0.3 is 4.42 Å². The molecule has 3 aromatic rings. The number of allylic oxidation sites excluding steroid dienone is 1. The number of aromatic nitrogens is 3. The molecule has 0 aliphatic rings. The maximum Gasteiger partial charge on any atom is 0.219 e. The molecule has 110 valence electrons. The molecule has 0 saturated heterocycles. The van der Waals surface area contributed by atoms with Crippen LogP contribution in [0.25, 0.3) is 17.7 Å². The third-order valence-electron chi connectivity index (χ3n) is 2.79. The van der Waals surface area contributed by atoms with Gasteiger partial charge in [-0.05, 0) is 36.0 Å². The summed E-state index contributed by atoms with van der Waals surface area (Å²) in [5.41, 5.74) is 0.987. The van der Waals surface area contributed by atoms with E-state index in [0.717, 1.165) is 5.56 Å². The second-order valence-electron chi connectivity index (χ2n) is 4.33. The summed E-state index contributed by atoms with van der Waals surface area (Å²) in [6.45, 7) is 0. The van der Waals surface area contributed by atoms with E-state index in [1.54, 1.807) is 24.5 Å². The van der Waals surface area contributed by atoms with Gasteiger partial charge in [0.1, 0.15) is 0 Å². The van der Waals surface area contributed by atoms with Gasteiger partial charge in [0.15, 0.2) is 5.76 Å². The van der Waals surface area contributed by atoms with Gasteiger partial charge in [-0.3, -0.25) is 0 Å². The van der Waals surface area contributed by atoms with Crippen molar-refractivity contribution in [1.29, 1.82) is 0 Å². The number of halogens is 1. The largest absolute Gasteiger partial charge is 0.461 e. The van der Waals surface area contributed by atoms with Crippen molar-refractivity contribution in [2.75, 3.05) is 0 Å². The maximum atomic E-state index is 6.17. The lowest BCUT2D eigenvalue weighted by molar-refractivity contribution is 0.573. The van der Waals surface area contributed by atoms with Crippen LogP contribution in [0.3, 0.4) is 0 Å². The van der Waals surface area contributed by atoms with Crippen molar-refractivity contribution in [2.24, 2.45) is 5.10 Å². The normalized spacial score (nSPS) is 12.1. The number of aromatic amines is 1. The molecule has 2 heterocycles. The molecule has 0 spiro atoms.